The smallest absolute Gasteiger partial charge is 0.250 e. The minimum atomic E-state index is -0.474. The van der Waals surface area contributed by atoms with Crippen molar-refractivity contribution in [1.29, 1.82) is 0 Å². The number of primary amides is 1. The third-order valence-corrected chi connectivity index (χ3v) is 2.75. The second kappa shape index (κ2) is 4.49. The molecule has 2 rings (SSSR count). The van der Waals surface area contributed by atoms with Gasteiger partial charge in [0.25, 0.3) is 0 Å². The lowest BCUT2D eigenvalue weighted by atomic mass is 10.1. The Morgan fingerprint density at radius 2 is 2.38 bits per heavy atom. The molecule has 0 aliphatic carbocycles. The van der Waals surface area contributed by atoms with E-state index in [2.05, 4.69) is 4.98 Å². The maximum Gasteiger partial charge on any atom is 0.250 e. The van der Waals surface area contributed by atoms with E-state index >= 15 is 0 Å². The van der Waals surface area contributed by atoms with Gasteiger partial charge in [-0.3, -0.25) is 4.79 Å². The number of β-amino-alcohol motifs (C(OH)–C–C–N with tert-alkyl or cyclic N) is 1. The van der Waals surface area contributed by atoms with Crippen molar-refractivity contribution < 1.29 is 9.90 Å². The van der Waals surface area contributed by atoms with Crippen molar-refractivity contribution >= 4 is 11.7 Å². The summed E-state index contributed by atoms with van der Waals surface area (Å²) in [6.45, 7) is 1.49. The lowest BCUT2D eigenvalue weighted by Gasteiger charge is -2.30. The Kier molecular flexibility index (Phi) is 3.05. The van der Waals surface area contributed by atoms with Gasteiger partial charge >= 0.3 is 0 Å². The first kappa shape index (κ1) is 10.9. The number of rotatable bonds is 2. The highest BCUT2D eigenvalue weighted by Crippen LogP contribution is 2.17. The molecule has 1 saturated heterocycles. The summed E-state index contributed by atoms with van der Waals surface area (Å²) in [5, 5.41) is 9.54. The lowest BCUT2D eigenvalue weighted by molar-refractivity contribution is 0.1000. The summed E-state index contributed by atoms with van der Waals surface area (Å²) in [6.07, 6.45) is 2.99. The van der Waals surface area contributed by atoms with E-state index in [0.29, 0.717) is 12.1 Å². The van der Waals surface area contributed by atoms with Gasteiger partial charge in [0.1, 0.15) is 5.82 Å². The van der Waals surface area contributed by atoms with Crippen LogP contribution in [0.4, 0.5) is 5.82 Å². The van der Waals surface area contributed by atoms with Gasteiger partial charge in [0.2, 0.25) is 5.91 Å². The summed E-state index contributed by atoms with van der Waals surface area (Å²) >= 11 is 0. The van der Waals surface area contributed by atoms with Crippen LogP contribution in [0.25, 0.3) is 0 Å². The second-order valence-corrected chi connectivity index (χ2v) is 4.01. The number of hydrogen-bond acceptors (Lipinski definition) is 4. The molecule has 16 heavy (non-hydrogen) atoms. The predicted molar refractivity (Wildman–Crippen MR) is 60.2 cm³/mol. The number of carbonyl (C=O) groups excluding carboxylic acids is 1. The topological polar surface area (TPSA) is 79.5 Å². The summed E-state index contributed by atoms with van der Waals surface area (Å²) in [4.78, 5) is 17.1. The highest BCUT2D eigenvalue weighted by atomic mass is 16.3. The SMILES string of the molecule is NC(=O)c1ccc(N2CCCC(O)C2)nc1. The fourth-order valence-electron chi connectivity index (χ4n) is 1.88. The number of aliphatic hydroxyl groups excluding tert-OH is 1. The molecule has 1 amide bonds. The zero-order valence-electron chi connectivity index (χ0n) is 8.97. The summed E-state index contributed by atoms with van der Waals surface area (Å²) in [5.74, 6) is 0.307. The number of piperidine rings is 1. The van der Waals surface area contributed by atoms with Gasteiger partial charge in [-0.2, -0.15) is 0 Å². The zero-order chi connectivity index (χ0) is 11.5. The third-order valence-electron chi connectivity index (χ3n) is 2.75. The van der Waals surface area contributed by atoms with Crippen molar-refractivity contribution in [2.75, 3.05) is 18.0 Å². The molecular formula is C11H15N3O2. The molecule has 1 fully saturated rings. The minimum absolute atomic E-state index is 0.286. The van der Waals surface area contributed by atoms with E-state index in [0.717, 1.165) is 25.2 Å². The Labute approximate surface area is 93.9 Å². The summed E-state index contributed by atoms with van der Waals surface area (Å²) in [6, 6.07) is 3.42. The van der Waals surface area contributed by atoms with Gasteiger partial charge < -0.3 is 15.7 Å². The lowest BCUT2D eigenvalue weighted by Crippen LogP contribution is -2.38. The first-order valence-electron chi connectivity index (χ1n) is 5.35. The quantitative estimate of drug-likeness (QED) is 0.744. The minimum Gasteiger partial charge on any atom is -0.391 e. The number of nitrogens with zero attached hydrogens (tertiary/aromatic N) is 2. The molecule has 86 valence electrons. The Bertz CT molecular complexity index is 377. The molecule has 0 saturated carbocycles. The van der Waals surface area contributed by atoms with E-state index < -0.39 is 5.91 Å². The van der Waals surface area contributed by atoms with Gasteiger partial charge in [-0.15, -0.1) is 0 Å². The van der Waals surface area contributed by atoms with Gasteiger partial charge in [-0.05, 0) is 25.0 Å². The molecule has 3 N–H and O–H groups in total. The van der Waals surface area contributed by atoms with Crippen molar-refractivity contribution in [2.24, 2.45) is 5.73 Å². The molecule has 5 heteroatoms. The highest BCUT2D eigenvalue weighted by molar-refractivity contribution is 5.92. The molecule has 1 unspecified atom stereocenters. The van der Waals surface area contributed by atoms with Crippen LogP contribution in [0.15, 0.2) is 18.3 Å². The number of amides is 1. The van der Waals surface area contributed by atoms with E-state index in [1.165, 1.54) is 6.20 Å². The van der Waals surface area contributed by atoms with Crippen molar-refractivity contribution in [3.05, 3.63) is 23.9 Å². The third kappa shape index (κ3) is 2.30. The molecule has 0 aromatic carbocycles. The Morgan fingerprint density at radius 3 is 2.94 bits per heavy atom. The molecule has 0 spiro atoms. The predicted octanol–water partition coefficient (Wildman–Crippen LogP) is 0.142. The van der Waals surface area contributed by atoms with E-state index in [1.807, 2.05) is 4.90 Å². The maximum atomic E-state index is 10.9. The average Bonchev–Trinajstić information content (AvgIpc) is 2.29. The molecule has 1 aliphatic heterocycles. The van der Waals surface area contributed by atoms with Crippen molar-refractivity contribution in [3.63, 3.8) is 0 Å². The van der Waals surface area contributed by atoms with Crippen LogP contribution in [0.5, 0.6) is 0 Å². The van der Waals surface area contributed by atoms with Gasteiger partial charge in [0, 0.05) is 19.3 Å². The van der Waals surface area contributed by atoms with Gasteiger partial charge in [0.15, 0.2) is 0 Å². The molecule has 0 bridgehead atoms. The molecular weight excluding hydrogens is 206 g/mol. The van der Waals surface area contributed by atoms with Crippen LogP contribution in [0.3, 0.4) is 0 Å². The van der Waals surface area contributed by atoms with Crippen LogP contribution in [0, 0.1) is 0 Å². The van der Waals surface area contributed by atoms with Crippen molar-refractivity contribution in [3.8, 4) is 0 Å². The number of carbonyl (C=O) groups is 1. The van der Waals surface area contributed by atoms with E-state index in [1.54, 1.807) is 12.1 Å². The largest absolute Gasteiger partial charge is 0.391 e. The second-order valence-electron chi connectivity index (χ2n) is 4.01. The van der Waals surface area contributed by atoms with Gasteiger partial charge in [-0.1, -0.05) is 0 Å². The Morgan fingerprint density at radius 1 is 1.56 bits per heavy atom. The van der Waals surface area contributed by atoms with Gasteiger partial charge in [0.05, 0.1) is 11.7 Å². The number of aromatic nitrogens is 1. The molecule has 1 aliphatic rings. The number of hydrogen-bond donors (Lipinski definition) is 2. The fourth-order valence-corrected chi connectivity index (χ4v) is 1.88. The van der Waals surface area contributed by atoms with Crippen LogP contribution in [0.1, 0.15) is 23.2 Å². The van der Waals surface area contributed by atoms with Crippen molar-refractivity contribution in [2.45, 2.75) is 18.9 Å². The number of pyridine rings is 1. The van der Waals surface area contributed by atoms with Gasteiger partial charge in [-0.25, -0.2) is 4.98 Å². The van der Waals surface area contributed by atoms with Crippen LogP contribution < -0.4 is 10.6 Å². The molecule has 1 aromatic heterocycles. The first-order chi connectivity index (χ1) is 7.66. The fraction of sp³-hybridized carbons (Fsp3) is 0.455. The first-order valence-corrected chi connectivity index (χ1v) is 5.35. The molecule has 2 heterocycles. The van der Waals surface area contributed by atoms with E-state index in [-0.39, 0.29) is 6.10 Å². The summed E-state index contributed by atoms with van der Waals surface area (Å²) in [7, 11) is 0. The number of nitrogens with two attached hydrogens (primary N) is 1. The molecule has 5 nitrogen and oxygen atoms in total. The van der Waals surface area contributed by atoms with Crippen LogP contribution in [-0.2, 0) is 0 Å². The average molecular weight is 221 g/mol. The highest BCUT2D eigenvalue weighted by Gasteiger charge is 2.18. The summed E-state index contributed by atoms with van der Waals surface area (Å²) in [5.41, 5.74) is 5.54. The number of anilines is 1. The molecule has 1 aromatic rings. The van der Waals surface area contributed by atoms with Crippen LogP contribution in [0.2, 0.25) is 0 Å². The van der Waals surface area contributed by atoms with Crippen LogP contribution in [-0.4, -0.2) is 35.2 Å². The Hall–Kier alpha value is -1.62. The zero-order valence-corrected chi connectivity index (χ0v) is 8.97. The van der Waals surface area contributed by atoms with E-state index in [4.69, 9.17) is 5.73 Å². The van der Waals surface area contributed by atoms with Crippen LogP contribution >= 0.6 is 0 Å². The monoisotopic (exact) mass is 221 g/mol. The standard InChI is InChI=1S/C11H15N3O2/c12-11(16)8-3-4-10(13-6-8)14-5-1-2-9(15)7-14/h3-4,6,9,15H,1-2,5,7H2,(H2,12,16). The normalized spacial score (nSPS) is 20.8. The Balaban J connectivity index is 2.11. The molecule has 1 atom stereocenters. The number of aliphatic hydroxyl groups is 1. The van der Waals surface area contributed by atoms with E-state index in [9.17, 15) is 9.90 Å². The molecule has 0 radical (unpaired) electrons. The summed E-state index contributed by atoms with van der Waals surface area (Å²) < 4.78 is 0. The maximum absolute atomic E-state index is 10.9. The van der Waals surface area contributed by atoms with Crippen molar-refractivity contribution in [1.82, 2.24) is 4.98 Å².